The maximum atomic E-state index is 12.6. The van der Waals surface area contributed by atoms with Crippen LogP contribution in [-0.4, -0.2) is 76.3 Å². The monoisotopic (exact) mass is 808 g/mol. The molecule has 1 aliphatic rings. The molecule has 0 spiro atoms. The van der Waals surface area contributed by atoms with Crippen LogP contribution in [0.15, 0.2) is 60.9 Å². The Morgan fingerprint density at radius 2 is 1.21 bits per heavy atom. The zero-order chi connectivity index (χ0) is 41.0. The molecular weight excluding hydrogens is 725 g/mol. The van der Waals surface area contributed by atoms with Crippen molar-refractivity contribution in [3.8, 4) is 0 Å². The van der Waals surface area contributed by atoms with Crippen molar-refractivity contribution < 1.29 is 42.0 Å². The van der Waals surface area contributed by atoms with E-state index in [0.29, 0.717) is 17.4 Å². The van der Waals surface area contributed by atoms with E-state index in [1.54, 1.807) is 6.26 Å². The van der Waals surface area contributed by atoms with E-state index in [2.05, 4.69) is 62.5 Å². The Bertz CT molecular complexity index is 1140. The van der Waals surface area contributed by atoms with Crippen LogP contribution in [0.2, 0.25) is 0 Å². The second-order valence-electron chi connectivity index (χ2n) is 16.1. The summed E-state index contributed by atoms with van der Waals surface area (Å²) in [6.45, 7) is 4.56. The van der Waals surface area contributed by atoms with Gasteiger partial charge in [0.15, 0.2) is 6.10 Å². The van der Waals surface area contributed by atoms with E-state index in [0.717, 1.165) is 44.9 Å². The molecule has 1 saturated heterocycles. The molecule has 1 fully saturated rings. The molecule has 56 heavy (non-hydrogen) atoms. The molecule has 0 amide bonds. The van der Waals surface area contributed by atoms with Gasteiger partial charge in [0.1, 0.15) is 19.8 Å². The molecule has 0 aromatic rings. The molecule has 10 heteroatoms. The van der Waals surface area contributed by atoms with Crippen molar-refractivity contribution in [2.45, 2.75) is 180 Å². The lowest BCUT2D eigenvalue weighted by atomic mass is 10.1. The van der Waals surface area contributed by atoms with Gasteiger partial charge in [-0.15, -0.1) is 0 Å². The van der Waals surface area contributed by atoms with Gasteiger partial charge in [-0.05, 0) is 89.5 Å². The van der Waals surface area contributed by atoms with Crippen LogP contribution in [0.25, 0.3) is 0 Å². The van der Waals surface area contributed by atoms with E-state index >= 15 is 0 Å². The van der Waals surface area contributed by atoms with Gasteiger partial charge in [-0.2, -0.15) is 0 Å². The van der Waals surface area contributed by atoms with Gasteiger partial charge in [0.2, 0.25) is 0 Å². The van der Waals surface area contributed by atoms with Gasteiger partial charge in [-0.1, -0.05) is 120 Å². The van der Waals surface area contributed by atoms with Gasteiger partial charge in [0.25, 0.3) is 7.82 Å². The summed E-state index contributed by atoms with van der Waals surface area (Å²) >= 11 is 0. The number of nitrogens with zero attached hydrogens (tertiary/aromatic N) is 1. The molecular formula is C46H82NO8P. The summed E-state index contributed by atoms with van der Waals surface area (Å²) in [5.41, 5.74) is 0. The first-order chi connectivity index (χ1) is 27.1. The quantitative estimate of drug-likeness (QED) is 0.0115. The maximum absolute atomic E-state index is 12.6. The van der Waals surface area contributed by atoms with E-state index < -0.39 is 13.9 Å². The number of esters is 1. The van der Waals surface area contributed by atoms with Gasteiger partial charge in [-0.25, -0.2) is 0 Å². The van der Waals surface area contributed by atoms with Crippen LogP contribution in [0.5, 0.6) is 0 Å². The fraction of sp³-hybridized carbons (Fsp3) is 0.761. The van der Waals surface area contributed by atoms with Crippen LogP contribution in [-0.2, 0) is 32.6 Å². The summed E-state index contributed by atoms with van der Waals surface area (Å²) in [7, 11) is 1.31. The molecule has 1 rings (SSSR count). The molecule has 0 aromatic carbocycles. The number of carbonyl (C=O) groups excluding carboxylic acids is 1. The topological polar surface area (TPSA) is 107 Å². The average molecular weight is 808 g/mol. The number of likely N-dealkylation sites (N-methyl/N-ethyl adjacent to an activating group) is 1. The minimum absolute atomic E-state index is 0.0114. The molecule has 0 N–H and O–H groups in total. The van der Waals surface area contributed by atoms with Crippen molar-refractivity contribution >= 4 is 13.8 Å². The lowest BCUT2D eigenvalue weighted by Gasteiger charge is -2.28. The molecule has 0 bridgehead atoms. The zero-order valence-electron chi connectivity index (χ0n) is 36.3. The van der Waals surface area contributed by atoms with Crippen molar-refractivity contribution in [2.75, 3.05) is 47.5 Å². The summed E-state index contributed by atoms with van der Waals surface area (Å²) in [6.07, 6.45) is 46.4. The van der Waals surface area contributed by atoms with Gasteiger partial charge in [0, 0.05) is 6.42 Å². The smallest absolute Gasteiger partial charge is 0.305 e. The van der Waals surface area contributed by atoms with Crippen LogP contribution in [0.3, 0.4) is 0 Å². The predicted octanol–water partition coefficient (Wildman–Crippen LogP) is 11.6. The van der Waals surface area contributed by atoms with Crippen LogP contribution >= 0.6 is 7.82 Å². The van der Waals surface area contributed by atoms with Crippen molar-refractivity contribution in [1.29, 1.82) is 0 Å². The highest BCUT2D eigenvalue weighted by Gasteiger charge is 2.36. The predicted molar refractivity (Wildman–Crippen MR) is 230 cm³/mol. The summed E-state index contributed by atoms with van der Waals surface area (Å²) in [5, 5.41) is 0. The molecule has 0 saturated carbocycles. The molecule has 0 radical (unpaired) electrons. The second-order valence-corrected chi connectivity index (χ2v) is 17.6. The summed E-state index contributed by atoms with van der Waals surface area (Å²) in [5.74, 6) is -0.356. The number of quaternary nitrogens is 1. The first-order valence-corrected chi connectivity index (χ1v) is 23.6. The molecule has 9 nitrogen and oxygen atoms in total. The second kappa shape index (κ2) is 35.0. The number of allylic oxidation sites excluding steroid dienone is 8. The summed E-state index contributed by atoms with van der Waals surface area (Å²) in [4.78, 5) is 24.9. The van der Waals surface area contributed by atoms with Crippen molar-refractivity contribution in [3.63, 3.8) is 0 Å². The summed E-state index contributed by atoms with van der Waals surface area (Å²) < 4.78 is 40.2. The highest BCUT2D eigenvalue weighted by Crippen LogP contribution is 2.38. The van der Waals surface area contributed by atoms with E-state index in [-0.39, 0.29) is 44.4 Å². The number of hydrogen-bond acceptors (Lipinski definition) is 8. The Hall–Kier alpha value is -2.00. The number of hydrogen-bond donors (Lipinski definition) is 0. The molecule has 0 aliphatic carbocycles. The lowest BCUT2D eigenvalue weighted by Crippen LogP contribution is -2.37. The Morgan fingerprint density at radius 1 is 0.679 bits per heavy atom. The number of phosphoric ester groups is 1. The third kappa shape index (κ3) is 35.2. The van der Waals surface area contributed by atoms with Gasteiger partial charge < -0.3 is 32.6 Å². The summed E-state index contributed by atoms with van der Waals surface area (Å²) in [6, 6.07) is 0. The third-order valence-electron chi connectivity index (χ3n) is 9.55. The lowest BCUT2D eigenvalue weighted by molar-refractivity contribution is -0.870. The first-order valence-electron chi connectivity index (χ1n) is 22.2. The van der Waals surface area contributed by atoms with Gasteiger partial charge >= 0.3 is 5.97 Å². The molecule has 0 aromatic heterocycles. The third-order valence-corrected chi connectivity index (χ3v) is 10.5. The first kappa shape index (κ1) is 52.0. The van der Waals surface area contributed by atoms with Crippen molar-refractivity contribution in [3.05, 3.63) is 60.9 Å². The number of carbonyl (C=O) groups is 1. The van der Waals surface area contributed by atoms with E-state index in [1.807, 2.05) is 27.2 Å². The number of ether oxygens (including phenoxy) is 3. The van der Waals surface area contributed by atoms with Gasteiger partial charge in [-0.3, -0.25) is 9.36 Å². The van der Waals surface area contributed by atoms with Crippen LogP contribution in [0.4, 0.5) is 0 Å². The number of rotatable bonds is 39. The average Bonchev–Trinajstić information content (AvgIpc) is 3.91. The molecule has 4 atom stereocenters. The molecule has 3 unspecified atom stereocenters. The van der Waals surface area contributed by atoms with Crippen molar-refractivity contribution in [2.24, 2.45) is 0 Å². The molecule has 1 heterocycles. The Kier molecular flexibility index (Phi) is 32.5. The molecule has 324 valence electrons. The minimum atomic E-state index is -4.54. The normalized spacial score (nSPS) is 17.9. The SMILES string of the molecule is CCCCC/C=C\C/C=C\C/C=C\CC1OC1CCCC(=O)OC[C@H](COP(=O)([O-])OCC[N+](C)(C)C)O/C=C/CCCCCCCC/C=C\CCCCCC. The van der Waals surface area contributed by atoms with E-state index in [9.17, 15) is 14.3 Å². The Morgan fingerprint density at radius 3 is 1.86 bits per heavy atom. The Balaban J connectivity index is 2.31. The highest BCUT2D eigenvalue weighted by molar-refractivity contribution is 7.45. The van der Waals surface area contributed by atoms with E-state index in [1.165, 1.54) is 89.9 Å². The van der Waals surface area contributed by atoms with Crippen LogP contribution in [0, 0.1) is 0 Å². The number of epoxide rings is 1. The van der Waals surface area contributed by atoms with Crippen LogP contribution in [0.1, 0.15) is 162 Å². The van der Waals surface area contributed by atoms with Gasteiger partial charge in [0.05, 0.1) is 46.2 Å². The zero-order valence-corrected chi connectivity index (χ0v) is 37.2. The van der Waals surface area contributed by atoms with Crippen LogP contribution < -0.4 is 4.89 Å². The number of phosphoric acid groups is 1. The maximum Gasteiger partial charge on any atom is 0.305 e. The fourth-order valence-electron chi connectivity index (χ4n) is 5.90. The van der Waals surface area contributed by atoms with Crippen molar-refractivity contribution in [1.82, 2.24) is 0 Å². The molecule has 1 aliphatic heterocycles. The minimum Gasteiger partial charge on any atom is -0.756 e. The van der Waals surface area contributed by atoms with E-state index in [4.69, 9.17) is 23.3 Å². The largest absolute Gasteiger partial charge is 0.756 e. The highest BCUT2D eigenvalue weighted by atomic mass is 31.2. The fourth-order valence-corrected chi connectivity index (χ4v) is 6.63. The standard InChI is InChI=1S/C46H82NO8P/c1-6-8-10-12-14-16-18-20-21-22-23-25-27-29-31-33-39-51-43(42-54-56(49,50)53-40-38-47(3,4)5)41-52-46(48)37-34-36-45-44(55-45)35-32-30-28-26-24-19-17-15-13-11-9-7-2/h15-18,24,26,30,32-33,39,43-45H,6-14,19-23,25,27-29,31,34-38,40-42H2,1-5H3/b17-15-,18-16-,26-24-,32-30-,39-33+/t43-,44?,45?/m1/s1. The Labute approximate surface area is 343 Å². The number of unbranched alkanes of at least 4 members (excludes halogenated alkanes) is 14.